The highest BCUT2D eigenvalue weighted by Crippen LogP contribution is 2.39. The number of hydrogen-bond donors (Lipinski definition) is 0. The minimum atomic E-state index is -2.17. The van der Waals surface area contributed by atoms with Crippen molar-refractivity contribution in [1.29, 1.82) is 0 Å². The molecule has 1 aromatic carbocycles. The van der Waals surface area contributed by atoms with Crippen molar-refractivity contribution in [2.75, 3.05) is 27.9 Å². The van der Waals surface area contributed by atoms with Crippen molar-refractivity contribution in [3.8, 4) is 5.75 Å². The highest BCUT2D eigenvalue weighted by atomic mass is 28.4. The lowest BCUT2D eigenvalue weighted by Crippen LogP contribution is -2.47. The molecular formula is C34H61NO6Si2. The maximum absolute atomic E-state index is 13.1. The van der Waals surface area contributed by atoms with E-state index in [0.29, 0.717) is 26.1 Å². The van der Waals surface area contributed by atoms with Crippen molar-refractivity contribution in [2.24, 2.45) is 5.92 Å². The van der Waals surface area contributed by atoms with E-state index in [0.717, 1.165) is 16.9 Å². The second kappa shape index (κ2) is 16.5. The zero-order valence-electron chi connectivity index (χ0n) is 29.6. The minimum absolute atomic E-state index is 0.000906. The van der Waals surface area contributed by atoms with Crippen LogP contribution in [-0.2, 0) is 29.8 Å². The van der Waals surface area contributed by atoms with E-state index in [4.69, 9.17) is 23.2 Å². The average Bonchev–Trinajstić information content (AvgIpc) is 2.91. The first-order valence-electron chi connectivity index (χ1n) is 15.4. The molecule has 3 atom stereocenters. The smallest absolute Gasteiger partial charge is 0.251 e. The van der Waals surface area contributed by atoms with Gasteiger partial charge in [-0.3, -0.25) is 9.63 Å². The second-order valence-corrected chi connectivity index (χ2v) is 24.2. The molecule has 0 N–H and O–H groups in total. The molecule has 0 unspecified atom stereocenters. The molecule has 0 radical (unpaired) electrons. The summed E-state index contributed by atoms with van der Waals surface area (Å²) in [5, 5.41) is 1.40. The molecule has 0 saturated carbocycles. The molecule has 1 aromatic rings. The normalized spacial score (nSPS) is 15.3. The van der Waals surface area contributed by atoms with Gasteiger partial charge < -0.3 is 18.3 Å². The predicted molar refractivity (Wildman–Crippen MR) is 183 cm³/mol. The molecule has 0 aliphatic carbocycles. The van der Waals surface area contributed by atoms with E-state index >= 15 is 0 Å². The van der Waals surface area contributed by atoms with Crippen LogP contribution in [-0.4, -0.2) is 67.7 Å². The Balaban J connectivity index is 3.17. The number of carbonyl (C=O) groups is 1. The molecule has 246 valence electrons. The summed E-state index contributed by atoms with van der Waals surface area (Å²) in [5.41, 5.74) is 2.08. The zero-order valence-corrected chi connectivity index (χ0v) is 31.6. The van der Waals surface area contributed by atoms with Gasteiger partial charge in [-0.15, -0.1) is 0 Å². The Kier molecular flexibility index (Phi) is 15.1. The Morgan fingerprint density at radius 3 is 2.02 bits per heavy atom. The highest BCUT2D eigenvalue weighted by Gasteiger charge is 2.41. The van der Waals surface area contributed by atoms with Crippen LogP contribution >= 0.6 is 0 Å². The zero-order chi connectivity index (χ0) is 33.2. The lowest BCUT2D eigenvalue weighted by molar-refractivity contribution is -0.175. The van der Waals surface area contributed by atoms with E-state index < -0.39 is 28.7 Å². The van der Waals surface area contributed by atoms with Gasteiger partial charge >= 0.3 is 0 Å². The van der Waals surface area contributed by atoms with Gasteiger partial charge in [-0.2, -0.15) is 0 Å². The highest BCUT2D eigenvalue weighted by molar-refractivity contribution is 6.74. The number of nitrogens with zero attached hydrogens (tertiary/aromatic N) is 1. The number of benzene rings is 1. The van der Waals surface area contributed by atoms with E-state index in [1.807, 2.05) is 37.3 Å². The summed E-state index contributed by atoms with van der Waals surface area (Å²) in [7, 11) is 0.722. The molecule has 43 heavy (non-hydrogen) atoms. The maximum Gasteiger partial charge on any atom is 0.251 e. The Hall–Kier alpha value is -1.76. The first kappa shape index (κ1) is 39.3. The van der Waals surface area contributed by atoms with Crippen molar-refractivity contribution >= 4 is 22.5 Å². The van der Waals surface area contributed by atoms with Crippen LogP contribution in [0.2, 0.25) is 36.3 Å². The third-order valence-corrected chi connectivity index (χ3v) is 18.0. The fourth-order valence-electron chi connectivity index (χ4n) is 3.73. The topological polar surface area (TPSA) is 66.5 Å². The summed E-state index contributed by atoms with van der Waals surface area (Å²) in [4.78, 5) is 18.3. The van der Waals surface area contributed by atoms with Gasteiger partial charge in [0, 0.05) is 7.05 Å². The quantitative estimate of drug-likeness (QED) is 0.0971. The third kappa shape index (κ3) is 12.6. The summed E-state index contributed by atoms with van der Waals surface area (Å²) in [6.07, 6.45) is 4.94. The minimum Gasteiger partial charge on any atom is -0.497 e. The van der Waals surface area contributed by atoms with Crippen LogP contribution in [0.5, 0.6) is 5.75 Å². The number of rotatable bonds is 17. The Labute approximate surface area is 265 Å². The van der Waals surface area contributed by atoms with Crippen LogP contribution in [0.1, 0.15) is 66.9 Å². The standard InChI is InChI=1S/C34H61NO6Si2/c1-26(24-40-42(12,13)33(3,4)5)23-30(39-25-28-19-21-29(37-10)22-20-28)17-16-18-31(27(2)32(36)35(9)38-11)41-43(14,15)34(6,7)8/h16,18-22,27,30-31H,1,17,23-25H2,2-15H3/b18-16+/t27-,30+,31+/m1/s1. The molecule has 0 aliphatic heterocycles. The number of amides is 1. The van der Waals surface area contributed by atoms with Crippen molar-refractivity contribution < 1.29 is 28.0 Å². The number of hydroxylamine groups is 2. The summed E-state index contributed by atoms with van der Waals surface area (Å²) in [6.45, 7) is 29.5. The van der Waals surface area contributed by atoms with Crippen LogP contribution < -0.4 is 4.74 Å². The van der Waals surface area contributed by atoms with Crippen LogP contribution in [0.25, 0.3) is 0 Å². The molecule has 0 fully saturated rings. The van der Waals surface area contributed by atoms with Gasteiger partial charge in [0.2, 0.25) is 0 Å². The second-order valence-electron chi connectivity index (χ2n) is 14.6. The van der Waals surface area contributed by atoms with Crippen LogP contribution in [0.4, 0.5) is 0 Å². The molecule has 1 amide bonds. The first-order chi connectivity index (χ1) is 19.6. The van der Waals surface area contributed by atoms with Gasteiger partial charge in [-0.1, -0.05) is 84.9 Å². The molecule has 0 saturated heterocycles. The number of ether oxygens (including phenoxy) is 2. The predicted octanol–water partition coefficient (Wildman–Crippen LogP) is 8.54. The van der Waals surface area contributed by atoms with Gasteiger partial charge in [0.05, 0.1) is 45.6 Å². The average molecular weight is 636 g/mol. The summed E-state index contributed by atoms with van der Waals surface area (Å²) >= 11 is 0. The van der Waals surface area contributed by atoms with Gasteiger partial charge in [0.15, 0.2) is 16.6 Å². The van der Waals surface area contributed by atoms with Crippen molar-refractivity contribution in [3.63, 3.8) is 0 Å². The van der Waals surface area contributed by atoms with Gasteiger partial charge in [0.1, 0.15) is 5.75 Å². The molecule has 0 heterocycles. The van der Waals surface area contributed by atoms with E-state index in [9.17, 15) is 4.79 Å². The van der Waals surface area contributed by atoms with Gasteiger partial charge in [-0.25, -0.2) is 5.06 Å². The lowest BCUT2D eigenvalue weighted by atomic mass is 10.0. The van der Waals surface area contributed by atoms with E-state index in [-0.39, 0.29) is 22.1 Å². The fraction of sp³-hybridized carbons (Fsp3) is 0.676. The molecule has 0 bridgehead atoms. The summed E-state index contributed by atoms with van der Waals surface area (Å²) in [6, 6.07) is 7.92. The Morgan fingerprint density at radius 2 is 1.53 bits per heavy atom. The van der Waals surface area contributed by atoms with E-state index in [1.54, 1.807) is 14.2 Å². The van der Waals surface area contributed by atoms with Crippen molar-refractivity contribution in [1.82, 2.24) is 5.06 Å². The lowest BCUT2D eigenvalue weighted by Gasteiger charge is -2.40. The molecule has 0 aliphatic rings. The van der Waals surface area contributed by atoms with E-state index in [1.165, 1.54) is 12.2 Å². The molecule has 9 heteroatoms. The molecule has 0 spiro atoms. The molecular weight excluding hydrogens is 575 g/mol. The summed E-state index contributed by atoms with van der Waals surface area (Å²) < 4.78 is 25.0. The largest absolute Gasteiger partial charge is 0.497 e. The van der Waals surface area contributed by atoms with Crippen LogP contribution in [0.3, 0.4) is 0 Å². The van der Waals surface area contributed by atoms with Crippen LogP contribution in [0, 0.1) is 5.92 Å². The monoisotopic (exact) mass is 635 g/mol. The summed E-state index contributed by atoms with van der Waals surface area (Å²) in [5.74, 6) is 0.274. The van der Waals surface area contributed by atoms with Crippen molar-refractivity contribution in [3.05, 3.63) is 54.1 Å². The number of methoxy groups -OCH3 is 1. The Bertz CT molecular complexity index is 1040. The number of carbonyl (C=O) groups excluding carboxylic acids is 1. The SMILES string of the molecule is C=C(CO[Si](C)(C)C(C)(C)C)C[C@H](C/C=C/[C@H](O[Si](C)(C)C(C)(C)C)[C@@H](C)C(=O)N(C)OC)OCc1ccc(OC)cc1. The first-order valence-corrected chi connectivity index (χ1v) is 21.2. The Morgan fingerprint density at radius 1 is 0.977 bits per heavy atom. The van der Waals surface area contributed by atoms with Gasteiger partial charge in [-0.05, 0) is 66.8 Å². The van der Waals surface area contributed by atoms with Crippen LogP contribution in [0.15, 0.2) is 48.6 Å². The van der Waals surface area contributed by atoms with E-state index in [2.05, 4.69) is 80.4 Å². The number of hydrogen-bond acceptors (Lipinski definition) is 6. The van der Waals surface area contributed by atoms with Crippen molar-refractivity contribution in [2.45, 2.75) is 116 Å². The fourth-order valence-corrected chi connectivity index (χ4v) is 6.05. The third-order valence-electron chi connectivity index (χ3n) is 9.03. The maximum atomic E-state index is 13.1. The molecule has 0 aromatic heterocycles. The molecule has 7 nitrogen and oxygen atoms in total. The molecule has 1 rings (SSSR count). The van der Waals surface area contributed by atoms with Gasteiger partial charge in [0.25, 0.3) is 5.91 Å².